The molecule has 78 valence electrons. The molecule has 2 N–H and O–H groups in total. The van der Waals surface area contributed by atoms with Crippen molar-refractivity contribution in [3.05, 3.63) is 17.7 Å². The number of benzene rings is 1. The van der Waals surface area contributed by atoms with Crippen LogP contribution in [0.1, 0.15) is 25.3 Å². The van der Waals surface area contributed by atoms with Crippen LogP contribution >= 0.6 is 0 Å². The molecule has 0 unspecified atom stereocenters. The van der Waals surface area contributed by atoms with Crippen LogP contribution in [0.3, 0.4) is 0 Å². The van der Waals surface area contributed by atoms with Crippen LogP contribution in [0.15, 0.2) is 12.1 Å². The van der Waals surface area contributed by atoms with Crippen LogP contribution in [0.2, 0.25) is 0 Å². The number of aromatic hydroxyl groups is 2. The van der Waals surface area contributed by atoms with Crippen LogP contribution in [0.5, 0.6) is 17.2 Å². The first-order chi connectivity index (χ1) is 6.70. The molecule has 0 aromatic heterocycles. The lowest BCUT2D eigenvalue weighted by atomic mass is 10.1. The molecule has 0 radical (unpaired) electrons. The predicted octanol–water partition coefficient (Wildman–Crippen LogP) is 2.45. The molecule has 14 heavy (non-hydrogen) atoms. The zero-order valence-corrected chi connectivity index (χ0v) is 8.58. The van der Waals surface area contributed by atoms with Gasteiger partial charge in [0.1, 0.15) is 0 Å². The van der Waals surface area contributed by atoms with Gasteiger partial charge < -0.3 is 14.9 Å². The van der Waals surface area contributed by atoms with Gasteiger partial charge in [0, 0.05) is 0 Å². The molecule has 0 amide bonds. The molecule has 3 heteroatoms. The van der Waals surface area contributed by atoms with Gasteiger partial charge in [0.25, 0.3) is 0 Å². The molecule has 0 aliphatic rings. The molecule has 3 nitrogen and oxygen atoms in total. The van der Waals surface area contributed by atoms with E-state index in [-0.39, 0.29) is 11.5 Å². The molecule has 0 saturated heterocycles. The third-order valence-corrected chi connectivity index (χ3v) is 2.22. The molecule has 0 heterocycles. The predicted molar refractivity (Wildman–Crippen MR) is 54.9 cm³/mol. The fourth-order valence-corrected chi connectivity index (χ4v) is 1.34. The van der Waals surface area contributed by atoms with Crippen LogP contribution < -0.4 is 4.74 Å². The van der Waals surface area contributed by atoms with Gasteiger partial charge in [-0.3, -0.25) is 0 Å². The van der Waals surface area contributed by atoms with Crippen molar-refractivity contribution in [3.63, 3.8) is 0 Å². The SMILES string of the molecule is CCCCc1ccc(OC)c(O)c1O. The Morgan fingerprint density at radius 3 is 2.50 bits per heavy atom. The fraction of sp³-hybridized carbons (Fsp3) is 0.455. The summed E-state index contributed by atoms with van der Waals surface area (Å²) in [6, 6.07) is 3.45. The summed E-state index contributed by atoms with van der Waals surface area (Å²) in [6.45, 7) is 2.08. The topological polar surface area (TPSA) is 49.7 Å². The Morgan fingerprint density at radius 1 is 1.21 bits per heavy atom. The van der Waals surface area contributed by atoms with Gasteiger partial charge in [-0.15, -0.1) is 0 Å². The van der Waals surface area contributed by atoms with Crippen LogP contribution in [-0.2, 0) is 6.42 Å². The summed E-state index contributed by atoms with van der Waals surface area (Å²) in [5.41, 5.74) is 0.769. The second-order valence-corrected chi connectivity index (χ2v) is 3.23. The number of methoxy groups -OCH3 is 1. The minimum absolute atomic E-state index is 0.0576. The summed E-state index contributed by atoms with van der Waals surface area (Å²) in [7, 11) is 1.46. The van der Waals surface area contributed by atoms with E-state index in [2.05, 4.69) is 6.92 Å². The number of rotatable bonds is 4. The molecule has 0 atom stereocenters. The molecule has 0 aliphatic heterocycles. The van der Waals surface area contributed by atoms with E-state index in [9.17, 15) is 10.2 Å². The van der Waals surface area contributed by atoms with Crippen molar-refractivity contribution < 1.29 is 14.9 Å². The third-order valence-electron chi connectivity index (χ3n) is 2.22. The Hall–Kier alpha value is -1.38. The van der Waals surface area contributed by atoms with Crippen molar-refractivity contribution in [2.45, 2.75) is 26.2 Å². The van der Waals surface area contributed by atoms with E-state index in [1.54, 1.807) is 12.1 Å². The maximum atomic E-state index is 9.61. The summed E-state index contributed by atoms with van der Waals surface area (Å²) < 4.78 is 4.88. The summed E-state index contributed by atoms with van der Waals surface area (Å²) in [5, 5.41) is 19.1. The number of ether oxygens (including phenoxy) is 1. The number of unbranched alkanes of at least 4 members (excludes halogenated alkanes) is 1. The largest absolute Gasteiger partial charge is 0.504 e. The van der Waals surface area contributed by atoms with Gasteiger partial charge in [-0.2, -0.15) is 0 Å². The van der Waals surface area contributed by atoms with Gasteiger partial charge in [0.05, 0.1) is 7.11 Å². The minimum Gasteiger partial charge on any atom is -0.504 e. The third kappa shape index (κ3) is 2.10. The Balaban J connectivity index is 2.92. The van der Waals surface area contributed by atoms with Crippen molar-refractivity contribution in [1.29, 1.82) is 0 Å². The average Bonchev–Trinajstić information content (AvgIpc) is 2.20. The Bertz CT molecular complexity index is 308. The van der Waals surface area contributed by atoms with Gasteiger partial charge >= 0.3 is 0 Å². The lowest BCUT2D eigenvalue weighted by Gasteiger charge is -2.09. The molecular formula is C11H16O3. The number of phenolic OH excluding ortho intramolecular Hbond substituents is 2. The number of hydrogen-bond acceptors (Lipinski definition) is 3. The zero-order valence-electron chi connectivity index (χ0n) is 8.58. The summed E-state index contributed by atoms with van der Waals surface area (Å²) in [4.78, 5) is 0. The lowest BCUT2D eigenvalue weighted by Crippen LogP contribution is -1.89. The molecule has 0 aliphatic carbocycles. The van der Waals surface area contributed by atoms with Crippen molar-refractivity contribution in [2.75, 3.05) is 7.11 Å². The molecule has 1 rings (SSSR count). The Labute approximate surface area is 84.0 Å². The quantitative estimate of drug-likeness (QED) is 0.727. The molecule has 0 bridgehead atoms. The van der Waals surface area contributed by atoms with Gasteiger partial charge in [0.2, 0.25) is 5.75 Å². The molecular weight excluding hydrogens is 180 g/mol. The normalized spacial score (nSPS) is 10.1. The first-order valence-electron chi connectivity index (χ1n) is 4.78. The fourth-order valence-electron chi connectivity index (χ4n) is 1.34. The molecule has 0 saturated carbocycles. The highest BCUT2D eigenvalue weighted by Gasteiger charge is 2.11. The van der Waals surface area contributed by atoms with E-state index < -0.39 is 0 Å². The summed E-state index contributed by atoms with van der Waals surface area (Å²) >= 11 is 0. The van der Waals surface area contributed by atoms with Crippen LogP contribution in [0, 0.1) is 0 Å². The maximum absolute atomic E-state index is 9.61. The van der Waals surface area contributed by atoms with Crippen molar-refractivity contribution in [2.24, 2.45) is 0 Å². The van der Waals surface area contributed by atoms with Crippen molar-refractivity contribution in [1.82, 2.24) is 0 Å². The number of phenols is 2. The highest BCUT2D eigenvalue weighted by atomic mass is 16.5. The maximum Gasteiger partial charge on any atom is 0.200 e. The molecule has 1 aromatic rings. The van der Waals surface area contributed by atoms with E-state index in [1.165, 1.54) is 7.11 Å². The molecule has 0 fully saturated rings. The lowest BCUT2D eigenvalue weighted by molar-refractivity contribution is 0.349. The summed E-state index contributed by atoms with van der Waals surface area (Å²) in [5.74, 6) is 0.0849. The second kappa shape index (κ2) is 4.74. The van der Waals surface area contributed by atoms with E-state index in [0.29, 0.717) is 5.75 Å². The second-order valence-electron chi connectivity index (χ2n) is 3.23. The minimum atomic E-state index is -0.166. The van der Waals surface area contributed by atoms with E-state index in [1.807, 2.05) is 0 Å². The standard InChI is InChI=1S/C11H16O3/c1-3-4-5-8-6-7-9(14-2)11(13)10(8)12/h6-7,12-13H,3-5H2,1-2H3. The van der Waals surface area contributed by atoms with Crippen molar-refractivity contribution in [3.8, 4) is 17.2 Å². The van der Waals surface area contributed by atoms with Gasteiger partial charge in [0.15, 0.2) is 11.5 Å². The average molecular weight is 196 g/mol. The van der Waals surface area contributed by atoms with Gasteiger partial charge in [-0.1, -0.05) is 19.4 Å². The van der Waals surface area contributed by atoms with Crippen LogP contribution in [0.4, 0.5) is 0 Å². The summed E-state index contributed by atoms with van der Waals surface area (Å²) in [6.07, 6.45) is 2.84. The van der Waals surface area contributed by atoms with E-state index >= 15 is 0 Å². The molecule has 0 spiro atoms. The number of aryl methyl sites for hydroxylation is 1. The monoisotopic (exact) mass is 196 g/mol. The highest BCUT2D eigenvalue weighted by molar-refractivity contribution is 5.53. The Morgan fingerprint density at radius 2 is 1.93 bits per heavy atom. The first kappa shape index (κ1) is 10.7. The van der Waals surface area contributed by atoms with Gasteiger partial charge in [-0.05, 0) is 24.5 Å². The Kier molecular flexibility index (Phi) is 3.63. The molecule has 1 aromatic carbocycles. The van der Waals surface area contributed by atoms with Gasteiger partial charge in [-0.25, -0.2) is 0 Å². The highest BCUT2D eigenvalue weighted by Crippen LogP contribution is 2.38. The van der Waals surface area contributed by atoms with E-state index in [4.69, 9.17) is 4.74 Å². The zero-order chi connectivity index (χ0) is 10.6. The van der Waals surface area contributed by atoms with Crippen LogP contribution in [-0.4, -0.2) is 17.3 Å². The van der Waals surface area contributed by atoms with E-state index in [0.717, 1.165) is 24.8 Å². The smallest absolute Gasteiger partial charge is 0.200 e. The number of hydrogen-bond donors (Lipinski definition) is 2. The van der Waals surface area contributed by atoms with Crippen LogP contribution in [0.25, 0.3) is 0 Å². The van der Waals surface area contributed by atoms with Crippen molar-refractivity contribution >= 4 is 0 Å². The first-order valence-corrected chi connectivity index (χ1v) is 4.78.